The molecule has 146 valence electrons. The summed E-state index contributed by atoms with van der Waals surface area (Å²) in [5, 5.41) is 12.8. The summed E-state index contributed by atoms with van der Waals surface area (Å²) in [5.74, 6) is -0.591. The number of anilines is 1. The average molecular weight is 381 g/mol. The Balaban J connectivity index is 1.53. The van der Waals surface area contributed by atoms with E-state index in [2.05, 4.69) is 20.9 Å². The number of hydrazone groups is 1. The van der Waals surface area contributed by atoms with Gasteiger partial charge in [-0.3, -0.25) is 10.1 Å². The van der Waals surface area contributed by atoms with Gasteiger partial charge in [-0.05, 0) is 31.0 Å². The molecule has 2 aromatic rings. The molecule has 0 amide bonds. The maximum atomic E-state index is 13.2. The molecule has 2 aliphatic rings. The van der Waals surface area contributed by atoms with Crippen LogP contribution in [0, 0.1) is 5.92 Å². The third-order valence-electron chi connectivity index (χ3n) is 5.33. The molecule has 0 saturated heterocycles. The molecule has 6 nitrogen and oxygen atoms in total. The summed E-state index contributed by atoms with van der Waals surface area (Å²) in [6, 6.07) is 4.10. The van der Waals surface area contributed by atoms with Crippen LogP contribution in [0.15, 0.2) is 29.5 Å². The molecule has 9 heteroatoms. The quantitative estimate of drug-likeness (QED) is 0.835. The van der Waals surface area contributed by atoms with Gasteiger partial charge >= 0.3 is 6.18 Å². The molecule has 2 N–H and O–H groups in total. The van der Waals surface area contributed by atoms with Gasteiger partial charge in [-0.25, -0.2) is 0 Å². The van der Waals surface area contributed by atoms with Crippen molar-refractivity contribution in [2.24, 2.45) is 11.0 Å². The van der Waals surface area contributed by atoms with Gasteiger partial charge in [-0.1, -0.05) is 6.42 Å². The number of nitrogens with zero attached hydrogens (tertiary/aromatic N) is 3. The predicted octanol–water partition coefficient (Wildman–Crippen LogP) is 3.15. The van der Waals surface area contributed by atoms with Crippen LogP contribution in [0.25, 0.3) is 10.9 Å². The van der Waals surface area contributed by atoms with Gasteiger partial charge in [0.2, 0.25) is 0 Å². The first-order valence-electron chi connectivity index (χ1n) is 9.08. The minimum atomic E-state index is -4.29. The zero-order valence-electron chi connectivity index (χ0n) is 15.0. The molecule has 2 heterocycles. The third-order valence-corrected chi connectivity index (χ3v) is 5.33. The predicted molar refractivity (Wildman–Crippen MR) is 96.8 cm³/mol. The fraction of sp³-hybridized carbons (Fsp3) is 0.556. The van der Waals surface area contributed by atoms with Crippen molar-refractivity contribution in [2.45, 2.75) is 44.1 Å². The lowest BCUT2D eigenvalue weighted by Crippen LogP contribution is -2.47. The molecule has 1 aromatic heterocycles. The van der Waals surface area contributed by atoms with E-state index >= 15 is 0 Å². The van der Waals surface area contributed by atoms with E-state index in [0.29, 0.717) is 25.3 Å². The second kappa shape index (κ2) is 7.03. The first-order chi connectivity index (χ1) is 13.0. The number of alkyl halides is 3. The van der Waals surface area contributed by atoms with E-state index in [1.807, 2.05) is 22.9 Å². The number of rotatable bonds is 5. The largest absolute Gasteiger partial charge is 0.410 e. The Hall–Kier alpha value is -2.29. The van der Waals surface area contributed by atoms with Gasteiger partial charge in [-0.15, -0.1) is 0 Å². The summed E-state index contributed by atoms with van der Waals surface area (Å²) in [4.78, 5) is 0. The van der Waals surface area contributed by atoms with Crippen LogP contribution in [0.5, 0.6) is 0 Å². The minimum Gasteiger partial charge on any atom is -0.383 e. The number of aromatic nitrogens is 2. The molecule has 3 atom stereocenters. The van der Waals surface area contributed by atoms with Crippen molar-refractivity contribution >= 4 is 22.3 Å². The van der Waals surface area contributed by atoms with Crippen molar-refractivity contribution < 1.29 is 17.9 Å². The molecule has 4 rings (SSSR count). The van der Waals surface area contributed by atoms with Crippen LogP contribution in [0.1, 0.15) is 19.3 Å². The number of halogens is 3. The summed E-state index contributed by atoms with van der Waals surface area (Å²) in [5.41, 5.74) is 4.70. The summed E-state index contributed by atoms with van der Waals surface area (Å²) < 4.78 is 46.6. The molecular weight excluding hydrogens is 359 g/mol. The van der Waals surface area contributed by atoms with Crippen molar-refractivity contribution in [3.63, 3.8) is 0 Å². The molecule has 0 spiro atoms. The van der Waals surface area contributed by atoms with Gasteiger partial charge in [0.1, 0.15) is 6.04 Å². The molecule has 27 heavy (non-hydrogen) atoms. The monoisotopic (exact) mass is 381 g/mol. The van der Waals surface area contributed by atoms with E-state index in [1.165, 1.54) is 0 Å². The van der Waals surface area contributed by atoms with Gasteiger partial charge in [0.05, 0.1) is 36.6 Å². The van der Waals surface area contributed by atoms with E-state index in [9.17, 15) is 13.2 Å². The fourth-order valence-electron chi connectivity index (χ4n) is 3.99. The van der Waals surface area contributed by atoms with Crippen LogP contribution in [0.3, 0.4) is 0 Å². The molecular formula is C18H22F3N5O. The standard InChI is InChI=1S/C18H22F3N5O/c1-27-8-7-26-15-9-12(6-5-11(15)10-22-26)23-14-4-2-3-13-16(14)24-25-17(13)18(19,20)21/h5-6,9-10,13-14,17,23,25H,2-4,7-8H2,1H3. The van der Waals surface area contributed by atoms with Crippen LogP contribution in [-0.2, 0) is 11.3 Å². The SMILES string of the molecule is COCCn1ncc2ccc(NC3CCCC4C3=NNC4C(F)(F)F)cc21. The minimum absolute atomic E-state index is 0.198. The Morgan fingerprint density at radius 2 is 2.19 bits per heavy atom. The number of fused-ring (bicyclic) bond motifs is 2. The number of hydrogen-bond donors (Lipinski definition) is 2. The van der Waals surface area contributed by atoms with E-state index in [-0.39, 0.29) is 6.04 Å². The fourth-order valence-corrected chi connectivity index (χ4v) is 3.99. The maximum Gasteiger partial charge on any atom is 0.410 e. The second-order valence-electron chi connectivity index (χ2n) is 7.05. The van der Waals surface area contributed by atoms with E-state index in [4.69, 9.17) is 4.74 Å². The van der Waals surface area contributed by atoms with Crippen molar-refractivity contribution in [1.29, 1.82) is 0 Å². The Bertz CT molecular complexity index is 847. The first-order valence-corrected chi connectivity index (χ1v) is 9.08. The molecule has 0 bridgehead atoms. The van der Waals surface area contributed by atoms with Crippen LogP contribution in [-0.4, -0.2) is 47.5 Å². The highest BCUT2D eigenvalue weighted by atomic mass is 19.4. The second-order valence-corrected chi connectivity index (χ2v) is 7.05. The highest BCUT2D eigenvalue weighted by Gasteiger charge is 2.51. The van der Waals surface area contributed by atoms with Crippen LogP contribution < -0.4 is 10.7 Å². The van der Waals surface area contributed by atoms with Crippen molar-refractivity contribution in [2.75, 3.05) is 19.0 Å². The lowest BCUT2D eigenvalue weighted by Gasteiger charge is -2.31. The van der Waals surface area contributed by atoms with Crippen LogP contribution >= 0.6 is 0 Å². The molecule has 0 radical (unpaired) electrons. The molecule has 1 aliphatic carbocycles. The summed E-state index contributed by atoms with van der Waals surface area (Å²) in [7, 11) is 1.64. The Morgan fingerprint density at radius 3 is 2.96 bits per heavy atom. The Morgan fingerprint density at radius 1 is 1.33 bits per heavy atom. The number of hydrogen-bond acceptors (Lipinski definition) is 5. The van der Waals surface area contributed by atoms with Gasteiger partial charge < -0.3 is 10.1 Å². The zero-order valence-corrected chi connectivity index (χ0v) is 15.0. The zero-order chi connectivity index (χ0) is 19.0. The smallest absolute Gasteiger partial charge is 0.383 e. The molecule has 3 unspecified atom stereocenters. The number of methoxy groups -OCH3 is 1. The van der Waals surface area contributed by atoms with Crippen molar-refractivity contribution in [3.05, 3.63) is 24.4 Å². The number of ether oxygens (including phenoxy) is 1. The molecule has 1 saturated carbocycles. The summed E-state index contributed by atoms with van der Waals surface area (Å²) >= 11 is 0. The maximum absolute atomic E-state index is 13.2. The number of benzene rings is 1. The first kappa shape index (κ1) is 18.1. The van der Waals surface area contributed by atoms with E-state index in [0.717, 1.165) is 29.4 Å². The van der Waals surface area contributed by atoms with Gasteiger partial charge in [0, 0.05) is 24.1 Å². The highest BCUT2D eigenvalue weighted by molar-refractivity contribution is 5.96. The lowest BCUT2D eigenvalue weighted by atomic mass is 9.80. The molecule has 1 aliphatic heterocycles. The normalized spacial score (nSPS) is 25.2. The van der Waals surface area contributed by atoms with Gasteiger partial charge in [-0.2, -0.15) is 23.4 Å². The van der Waals surface area contributed by atoms with Gasteiger partial charge in [0.25, 0.3) is 0 Å². The topological polar surface area (TPSA) is 63.5 Å². The highest BCUT2D eigenvalue weighted by Crippen LogP contribution is 2.37. The van der Waals surface area contributed by atoms with E-state index in [1.54, 1.807) is 13.3 Å². The van der Waals surface area contributed by atoms with E-state index < -0.39 is 18.1 Å². The van der Waals surface area contributed by atoms with Crippen molar-refractivity contribution in [3.8, 4) is 0 Å². The summed E-state index contributed by atoms with van der Waals surface area (Å²) in [6.07, 6.45) is -0.474. The van der Waals surface area contributed by atoms with Crippen molar-refractivity contribution in [1.82, 2.24) is 15.2 Å². The van der Waals surface area contributed by atoms with Gasteiger partial charge in [0.15, 0.2) is 0 Å². The Kier molecular flexibility index (Phi) is 4.71. The summed E-state index contributed by atoms with van der Waals surface area (Å²) in [6.45, 7) is 1.19. The average Bonchev–Trinajstić information content (AvgIpc) is 3.24. The number of nitrogens with one attached hydrogen (secondary N) is 2. The molecule has 1 fully saturated rings. The Labute approximate surface area is 154 Å². The van der Waals surface area contributed by atoms with Crippen LogP contribution in [0.4, 0.5) is 18.9 Å². The van der Waals surface area contributed by atoms with Crippen LogP contribution in [0.2, 0.25) is 0 Å². The lowest BCUT2D eigenvalue weighted by molar-refractivity contribution is -0.160. The molecule has 1 aromatic carbocycles. The third kappa shape index (κ3) is 3.47.